The Bertz CT molecular complexity index is 556. The van der Waals surface area contributed by atoms with Gasteiger partial charge in [-0.1, -0.05) is 11.6 Å². The first kappa shape index (κ1) is 11.3. The van der Waals surface area contributed by atoms with Gasteiger partial charge < -0.3 is 0 Å². The summed E-state index contributed by atoms with van der Waals surface area (Å²) in [6.45, 7) is 0. The molecule has 16 heavy (non-hydrogen) atoms. The lowest BCUT2D eigenvalue weighted by Gasteiger charge is -2.06. The molecule has 2 rings (SSSR count). The van der Waals surface area contributed by atoms with Crippen LogP contribution in [0.25, 0.3) is 5.69 Å². The third-order valence-corrected chi connectivity index (χ3v) is 2.82. The van der Waals surface area contributed by atoms with Gasteiger partial charge in [0.1, 0.15) is 5.82 Å². The highest BCUT2D eigenvalue weighted by Crippen LogP contribution is 2.25. The lowest BCUT2D eigenvalue weighted by molar-refractivity contribution is 0.112. The summed E-state index contributed by atoms with van der Waals surface area (Å²) in [5.74, 6) is -0.626. The third-order valence-electron chi connectivity index (χ3n) is 2.03. The molecule has 0 amide bonds. The highest BCUT2D eigenvalue weighted by atomic mass is 79.9. The minimum Gasteiger partial charge on any atom is -0.298 e. The van der Waals surface area contributed by atoms with Gasteiger partial charge in [0, 0.05) is 6.20 Å². The molecule has 6 heteroatoms. The molecule has 82 valence electrons. The molecule has 0 saturated heterocycles. The Balaban J connectivity index is 2.65. The van der Waals surface area contributed by atoms with Gasteiger partial charge in [0.15, 0.2) is 6.29 Å². The highest BCUT2D eigenvalue weighted by Gasteiger charge is 2.13. The van der Waals surface area contributed by atoms with Crippen molar-refractivity contribution in [2.75, 3.05) is 0 Å². The van der Waals surface area contributed by atoms with E-state index >= 15 is 0 Å². The van der Waals surface area contributed by atoms with E-state index in [2.05, 4.69) is 21.0 Å². The number of halogens is 3. The van der Waals surface area contributed by atoms with Crippen LogP contribution in [0.15, 0.2) is 29.0 Å². The second kappa shape index (κ2) is 4.35. The molecule has 0 spiro atoms. The van der Waals surface area contributed by atoms with Crippen molar-refractivity contribution in [1.29, 1.82) is 0 Å². The summed E-state index contributed by atoms with van der Waals surface area (Å²) in [5.41, 5.74) is 0.518. The quantitative estimate of drug-likeness (QED) is 0.798. The van der Waals surface area contributed by atoms with Crippen molar-refractivity contribution < 1.29 is 9.18 Å². The van der Waals surface area contributed by atoms with Crippen molar-refractivity contribution in [3.63, 3.8) is 0 Å². The number of carbonyl (C=O) groups excluding carboxylic acids is 1. The molecule has 0 aliphatic rings. The molecule has 1 aromatic heterocycles. The fourth-order valence-corrected chi connectivity index (χ4v) is 1.79. The predicted octanol–water partition coefficient (Wildman–Crippen LogP) is 3.24. The molecule has 0 bridgehead atoms. The number of carbonyl (C=O) groups is 1. The molecule has 0 unspecified atom stereocenters. The van der Waals surface area contributed by atoms with Crippen LogP contribution in [0.4, 0.5) is 4.39 Å². The molecule has 1 heterocycles. The Labute approximate surface area is 104 Å². The van der Waals surface area contributed by atoms with Gasteiger partial charge in [-0.15, -0.1) is 0 Å². The lowest BCUT2D eigenvalue weighted by Crippen LogP contribution is -2.01. The first-order valence-corrected chi connectivity index (χ1v) is 5.44. The number of aldehydes is 1. The van der Waals surface area contributed by atoms with Gasteiger partial charge >= 0.3 is 0 Å². The van der Waals surface area contributed by atoms with Gasteiger partial charge in [-0.3, -0.25) is 4.79 Å². The van der Waals surface area contributed by atoms with Crippen LogP contribution < -0.4 is 0 Å². The lowest BCUT2D eigenvalue weighted by atomic mass is 10.2. The Morgan fingerprint density at radius 1 is 1.50 bits per heavy atom. The third kappa shape index (κ3) is 1.88. The van der Waals surface area contributed by atoms with Crippen LogP contribution in [0.1, 0.15) is 10.4 Å². The maximum absolute atomic E-state index is 13.1. The van der Waals surface area contributed by atoms with Crippen molar-refractivity contribution in [3.8, 4) is 5.69 Å². The van der Waals surface area contributed by atoms with Crippen LogP contribution in [-0.2, 0) is 0 Å². The zero-order valence-electron chi connectivity index (χ0n) is 7.82. The van der Waals surface area contributed by atoms with Crippen molar-refractivity contribution >= 4 is 33.8 Å². The topological polar surface area (TPSA) is 34.9 Å². The molecular formula is C10H5BrClFN2O. The van der Waals surface area contributed by atoms with E-state index < -0.39 is 5.82 Å². The zero-order valence-corrected chi connectivity index (χ0v) is 10.2. The Kier molecular flexibility index (Phi) is 3.07. The van der Waals surface area contributed by atoms with E-state index in [9.17, 15) is 9.18 Å². The summed E-state index contributed by atoms with van der Waals surface area (Å²) in [4.78, 5) is 10.9. The van der Waals surface area contributed by atoms with E-state index in [1.807, 2.05) is 0 Å². The number of rotatable bonds is 2. The number of benzene rings is 1. The fraction of sp³-hybridized carbons (Fsp3) is 0. The molecule has 2 aromatic rings. The summed E-state index contributed by atoms with van der Waals surface area (Å²) in [7, 11) is 0. The average molecular weight is 304 g/mol. The van der Waals surface area contributed by atoms with Gasteiger partial charge in [-0.25, -0.2) is 9.07 Å². The second-order valence-corrected chi connectivity index (χ2v) is 4.31. The number of hydrogen-bond acceptors (Lipinski definition) is 2. The van der Waals surface area contributed by atoms with Crippen LogP contribution >= 0.6 is 27.5 Å². The fourth-order valence-electron chi connectivity index (χ4n) is 1.30. The molecule has 0 fully saturated rings. The first-order chi connectivity index (χ1) is 7.63. The summed E-state index contributed by atoms with van der Waals surface area (Å²) in [5, 5.41) is 3.80. The minimum atomic E-state index is -0.626. The molecule has 0 aliphatic heterocycles. The maximum atomic E-state index is 13.1. The normalized spacial score (nSPS) is 10.4. The summed E-state index contributed by atoms with van der Waals surface area (Å²) < 4.78 is 15.3. The van der Waals surface area contributed by atoms with Gasteiger partial charge in [0.25, 0.3) is 0 Å². The standard InChI is InChI=1S/C10H5BrClFN2O/c11-6-3-14-15(4-6)9-2-1-8(13)10(12)7(9)5-16/h1-5H. The van der Waals surface area contributed by atoms with Crippen LogP contribution in [0, 0.1) is 5.82 Å². The van der Waals surface area contributed by atoms with E-state index in [1.165, 1.54) is 16.8 Å². The summed E-state index contributed by atoms with van der Waals surface area (Å²) >= 11 is 8.93. The zero-order chi connectivity index (χ0) is 11.7. The van der Waals surface area contributed by atoms with Crippen LogP contribution in [-0.4, -0.2) is 16.1 Å². The molecular weight excluding hydrogens is 298 g/mol. The number of nitrogens with zero attached hydrogens (tertiary/aromatic N) is 2. The first-order valence-electron chi connectivity index (χ1n) is 4.27. The summed E-state index contributed by atoms with van der Waals surface area (Å²) in [6, 6.07) is 2.64. The Morgan fingerprint density at radius 3 is 2.81 bits per heavy atom. The van der Waals surface area contributed by atoms with Gasteiger partial charge in [0.05, 0.1) is 26.9 Å². The molecule has 0 N–H and O–H groups in total. The predicted molar refractivity (Wildman–Crippen MR) is 61.6 cm³/mol. The van der Waals surface area contributed by atoms with Crippen LogP contribution in [0.3, 0.4) is 0 Å². The Morgan fingerprint density at radius 2 is 2.25 bits per heavy atom. The van der Waals surface area contributed by atoms with Crippen molar-refractivity contribution in [2.45, 2.75) is 0 Å². The molecule has 1 aromatic carbocycles. The molecule has 0 atom stereocenters. The summed E-state index contributed by atoms with van der Waals surface area (Å²) in [6.07, 6.45) is 3.72. The van der Waals surface area contributed by atoms with Crippen molar-refractivity contribution in [3.05, 3.63) is 45.4 Å². The highest BCUT2D eigenvalue weighted by molar-refractivity contribution is 9.10. The second-order valence-electron chi connectivity index (χ2n) is 3.02. The van der Waals surface area contributed by atoms with Gasteiger partial charge in [-0.05, 0) is 28.1 Å². The minimum absolute atomic E-state index is 0.0808. The van der Waals surface area contributed by atoms with Crippen LogP contribution in [0.5, 0.6) is 0 Å². The average Bonchev–Trinajstić information content (AvgIpc) is 2.68. The number of aromatic nitrogens is 2. The van der Waals surface area contributed by atoms with E-state index in [-0.39, 0.29) is 10.6 Å². The van der Waals surface area contributed by atoms with E-state index in [0.717, 1.165) is 4.47 Å². The molecule has 0 radical (unpaired) electrons. The maximum Gasteiger partial charge on any atom is 0.153 e. The van der Waals surface area contributed by atoms with Crippen LogP contribution in [0.2, 0.25) is 5.02 Å². The van der Waals surface area contributed by atoms with Gasteiger partial charge in [0.2, 0.25) is 0 Å². The van der Waals surface area contributed by atoms with Gasteiger partial charge in [-0.2, -0.15) is 5.10 Å². The van der Waals surface area contributed by atoms with E-state index in [4.69, 9.17) is 11.6 Å². The number of hydrogen-bond donors (Lipinski definition) is 0. The Hall–Kier alpha value is -1.20. The molecule has 0 aliphatic carbocycles. The smallest absolute Gasteiger partial charge is 0.153 e. The molecule has 0 saturated carbocycles. The van der Waals surface area contributed by atoms with E-state index in [1.54, 1.807) is 12.4 Å². The van der Waals surface area contributed by atoms with Crippen molar-refractivity contribution in [2.24, 2.45) is 0 Å². The van der Waals surface area contributed by atoms with E-state index in [0.29, 0.717) is 12.0 Å². The van der Waals surface area contributed by atoms with Crippen molar-refractivity contribution in [1.82, 2.24) is 9.78 Å². The largest absolute Gasteiger partial charge is 0.298 e. The monoisotopic (exact) mass is 302 g/mol. The molecule has 3 nitrogen and oxygen atoms in total. The SMILES string of the molecule is O=Cc1c(-n2cc(Br)cn2)ccc(F)c1Cl.